The van der Waals surface area contributed by atoms with Gasteiger partial charge in [-0.3, -0.25) is 14.4 Å². The summed E-state index contributed by atoms with van der Waals surface area (Å²) >= 11 is 13.0. The molecule has 10 rings (SSSR count). The van der Waals surface area contributed by atoms with E-state index in [1.54, 1.807) is 6.07 Å². The number of amides is 2. The number of carbonyl (C=O) groups is 3. The summed E-state index contributed by atoms with van der Waals surface area (Å²) in [5.74, 6) is 4.85. The molecule has 0 atom stereocenters. The normalized spacial score (nSPS) is 33.9. The molecular formula is C42H50Cl2N2O3. The number of halogens is 2. The molecule has 0 heterocycles. The predicted octanol–water partition coefficient (Wildman–Crippen LogP) is 9.19. The van der Waals surface area contributed by atoms with Gasteiger partial charge in [-0.25, -0.2) is 0 Å². The molecule has 0 aromatic heterocycles. The van der Waals surface area contributed by atoms with Crippen LogP contribution in [0.4, 0.5) is 0 Å². The highest BCUT2D eigenvalue weighted by Crippen LogP contribution is 2.60. The first-order valence-electron chi connectivity index (χ1n) is 18.9. The minimum Gasteiger partial charge on any atom is -0.351 e. The third kappa shape index (κ3) is 7.13. The lowest BCUT2D eigenvalue weighted by Crippen LogP contribution is -2.51. The maximum absolute atomic E-state index is 13.4. The van der Waals surface area contributed by atoms with Gasteiger partial charge in [-0.2, -0.15) is 0 Å². The summed E-state index contributed by atoms with van der Waals surface area (Å²) in [6, 6.07) is 11.2. The molecule has 8 fully saturated rings. The number of hydrogen-bond donors (Lipinski definition) is 2. The average Bonchev–Trinajstić information content (AvgIpc) is 3.06. The number of aryl methyl sites for hydroxylation is 1. The second kappa shape index (κ2) is 13.5. The summed E-state index contributed by atoms with van der Waals surface area (Å²) in [4.78, 5) is 38.8. The molecule has 8 bridgehead atoms. The van der Waals surface area contributed by atoms with E-state index in [0.29, 0.717) is 46.0 Å². The molecule has 0 saturated heterocycles. The molecule has 7 heteroatoms. The molecular weight excluding hydrogens is 651 g/mol. The molecule has 8 saturated carbocycles. The van der Waals surface area contributed by atoms with E-state index in [2.05, 4.69) is 10.6 Å². The molecule has 8 aliphatic carbocycles. The van der Waals surface area contributed by atoms with Crippen LogP contribution in [0.3, 0.4) is 0 Å². The number of carbonyl (C=O) groups excluding carboxylic acids is 3. The van der Waals surface area contributed by atoms with Crippen LogP contribution in [0.25, 0.3) is 0 Å². The van der Waals surface area contributed by atoms with Gasteiger partial charge in [-0.1, -0.05) is 41.4 Å². The van der Waals surface area contributed by atoms with Crippen LogP contribution in [0.1, 0.15) is 115 Å². The van der Waals surface area contributed by atoms with Gasteiger partial charge < -0.3 is 10.6 Å². The van der Waals surface area contributed by atoms with Crippen LogP contribution in [0.2, 0.25) is 10.0 Å². The third-order valence-corrected chi connectivity index (χ3v) is 14.2. The van der Waals surface area contributed by atoms with Crippen LogP contribution in [-0.2, 0) is 17.6 Å². The van der Waals surface area contributed by atoms with Crippen LogP contribution in [0, 0.1) is 46.3 Å². The zero-order chi connectivity index (χ0) is 33.8. The first-order chi connectivity index (χ1) is 23.7. The van der Waals surface area contributed by atoms with Gasteiger partial charge in [0.25, 0.3) is 11.8 Å². The van der Waals surface area contributed by atoms with Crippen molar-refractivity contribution in [3.63, 3.8) is 0 Å². The number of hydrogen-bond acceptors (Lipinski definition) is 3. The molecule has 2 amide bonds. The van der Waals surface area contributed by atoms with Crippen LogP contribution in [0.5, 0.6) is 0 Å². The fourth-order valence-corrected chi connectivity index (χ4v) is 12.7. The van der Waals surface area contributed by atoms with E-state index in [0.717, 1.165) is 66.0 Å². The van der Waals surface area contributed by atoms with Crippen molar-refractivity contribution in [1.82, 2.24) is 10.6 Å². The summed E-state index contributed by atoms with van der Waals surface area (Å²) in [6.07, 6.45) is 20.4. The summed E-state index contributed by atoms with van der Waals surface area (Å²) in [5, 5.41) is 7.42. The summed E-state index contributed by atoms with van der Waals surface area (Å²) in [5.41, 5.74) is 4.08. The van der Waals surface area contributed by atoms with Crippen LogP contribution >= 0.6 is 23.2 Å². The fraction of sp³-hybridized carbons (Fsp3) is 0.595. The minimum atomic E-state index is -0.125. The van der Waals surface area contributed by atoms with Crippen molar-refractivity contribution in [2.75, 3.05) is 13.1 Å². The van der Waals surface area contributed by atoms with Gasteiger partial charge in [0.2, 0.25) is 0 Å². The Hall–Kier alpha value is -2.63. The Morgan fingerprint density at radius 1 is 0.653 bits per heavy atom. The van der Waals surface area contributed by atoms with E-state index in [9.17, 15) is 14.4 Å². The zero-order valence-electron chi connectivity index (χ0n) is 28.6. The lowest BCUT2D eigenvalue weighted by molar-refractivity contribution is -0.105. The highest BCUT2D eigenvalue weighted by Gasteiger charge is 2.52. The first kappa shape index (κ1) is 33.5. The van der Waals surface area contributed by atoms with Gasteiger partial charge in [-0.05, 0) is 177 Å². The van der Waals surface area contributed by atoms with Gasteiger partial charge >= 0.3 is 0 Å². The molecule has 260 valence electrons. The van der Waals surface area contributed by atoms with E-state index in [4.69, 9.17) is 23.2 Å². The topological polar surface area (TPSA) is 75.3 Å². The molecule has 2 aromatic carbocycles. The molecule has 2 aromatic rings. The smallest absolute Gasteiger partial charge is 0.252 e. The maximum atomic E-state index is 13.4. The Morgan fingerprint density at radius 2 is 1.06 bits per heavy atom. The molecule has 5 nitrogen and oxygen atoms in total. The zero-order valence-corrected chi connectivity index (χ0v) is 30.1. The Labute approximate surface area is 301 Å². The number of benzene rings is 2. The Kier molecular flexibility index (Phi) is 9.23. The average molecular weight is 702 g/mol. The molecule has 2 N–H and O–H groups in total. The second-order valence-corrected chi connectivity index (χ2v) is 18.3. The Morgan fingerprint density at radius 3 is 1.49 bits per heavy atom. The SMILES string of the molecule is O=C/C(=C\CCc1ccc(Cl)c(C(=O)NCC23CC4CC(CC(C4)C2)C3)c1)Cc1ccc(Cl)c(C(=O)NCC23CC4CC(CC(C4)C2)C3)c1. The fourth-order valence-electron chi connectivity index (χ4n) is 12.3. The maximum Gasteiger partial charge on any atom is 0.252 e. The molecule has 0 unspecified atom stereocenters. The molecule has 0 aliphatic heterocycles. The van der Waals surface area contributed by atoms with Crippen molar-refractivity contribution < 1.29 is 14.4 Å². The van der Waals surface area contributed by atoms with Crippen LogP contribution in [0.15, 0.2) is 48.0 Å². The van der Waals surface area contributed by atoms with Crippen molar-refractivity contribution in [3.8, 4) is 0 Å². The minimum absolute atomic E-state index is 0.0905. The van der Waals surface area contributed by atoms with Crippen molar-refractivity contribution in [1.29, 1.82) is 0 Å². The number of aldehydes is 1. The summed E-state index contributed by atoms with van der Waals surface area (Å²) in [6.45, 7) is 1.48. The van der Waals surface area contributed by atoms with E-state index in [-0.39, 0.29) is 22.6 Å². The number of nitrogens with one attached hydrogen (secondary N) is 2. The van der Waals surface area contributed by atoms with E-state index in [1.165, 1.54) is 77.0 Å². The summed E-state index contributed by atoms with van der Waals surface area (Å²) in [7, 11) is 0. The summed E-state index contributed by atoms with van der Waals surface area (Å²) < 4.78 is 0. The van der Waals surface area contributed by atoms with E-state index < -0.39 is 0 Å². The highest BCUT2D eigenvalue weighted by atomic mass is 35.5. The first-order valence-corrected chi connectivity index (χ1v) is 19.7. The standard InChI is InChI=1S/C42H50Cl2N2O3/c43-37-6-4-26(15-35(37)39(48)45-24-41-17-29-9-30(18-41)11-31(10-29)19-41)2-1-3-28(23-47)8-27-5-7-38(44)36(16-27)40(49)46-25-42-20-32-12-33(21-42)14-34(13-32)22-42/h3-7,15-16,23,29-34H,1-2,8-14,17-22,24-25H2,(H,45,48)(H,46,49)/b28-3-. The van der Waals surface area contributed by atoms with Gasteiger partial charge in [-0.15, -0.1) is 0 Å². The lowest BCUT2D eigenvalue weighted by atomic mass is 9.49. The van der Waals surface area contributed by atoms with Gasteiger partial charge in [0.1, 0.15) is 6.29 Å². The van der Waals surface area contributed by atoms with Crippen molar-refractivity contribution in [2.45, 2.75) is 96.3 Å². The number of allylic oxidation sites excluding steroid dienone is 2. The Bertz CT molecular complexity index is 1590. The van der Waals surface area contributed by atoms with Crippen LogP contribution < -0.4 is 10.6 Å². The lowest BCUT2D eigenvalue weighted by Gasteiger charge is -2.56. The monoisotopic (exact) mass is 700 g/mol. The quantitative estimate of drug-likeness (QED) is 0.171. The molecule has 49 heavy (non-hydrogen) atoms. The Balaban J connectivity index is 0.857. The van der Waals surface area contributed by atoms with Gasteiger partial charge in [0.05, 0.1) is 21.2 Å². The third-order valence-electron chi connectivity index (χ3n) is 13.5. The van der Waals surface area contributed by atoms with Crippen LogP contribution in [-0.4, -0.2) is 31.2 Å². The largest absolute Gasteiger partial charge is 0.351 e. The van der Waals surface area contributed by atoms with E-state index >= 15 is 0 Å². The van der Waals surface area contributed by atoms with Gasteiger partial charge in [0, 0.05) is 19.5 Å². The molecule has 0 radical (unpaired) electrons. The van der Waals surface area contributed by atoms with E-state index in [1.807, 2.05) is 36.4 Å². The van der Waals surface area contributed by atoms with Crippen molar-refractivity contribution >= 4 is 41.3 Å². The van der Waals surface area contributed by atoms with Gasteiger partial charge in [0.15, 0.2) is 0 Å². The predicted molar refractivity (Wildman–Crippen MR) is 195 cm³/mol. The second-order valence-electron chi connectivity index (χ2n) is 17.4. The van der Waals surface area contributed by atoms with Crippen molar-refractivity contribution in [2.24, 2.45) is 46.3 Å². The molecule has 0 spiro atoms. The highest BCUT2D eigenvalue weighted by molar-refractivity contribution is 6.34. The molecule has 8 aliphatic rings. The van der Waals surface area contributed by atoms with Crippen molar-refractivity contribution in [3.05, 3.63) is 80.3 Å². The number of rotatable bonds is 12.